The van der Waals surface area contributed by atoms with Crippen molar-refractivity contribution in [3.05, 3.63) is 90.5 Å². The van der Waals surface area contributed by atoms with Crippen molar-refractivity contribution in [2.75, 3.05) is 11.1 Å². The molecule has 0 spiro atoms. The van der Waals surface area contributed by atoms with Crippen molar-refractivity contribution in [1.82, 2.24) is 9.97 Å². The third-order valence-electron chi connectivity index (χ3n) is 4.60. The molecular weight excluding hydrogens is 436 g/mol. The Morgan fingerprint density at radius 2 is 1.41 bits per heavy atom. The number of para-hydroxylation sites is 1. The maximum absolute atomic E-state index is 13.4. The van der Waals surface area contributed by atoms with Crippen LogP contribution in [-0.4, -0.2) is 30.0 Å². The van der Waals surface area contributed by atoms with Crippen LogP contribution in [0.1, 0.15) is 0 Å². The summed E-state index contributed by atoms with van der Waals surface area (Å²) in [6.07, 6.45) is 0. The first-order valence-corrected chi connectivity index (χ1v) is 11.2. The first-order valence-electron chi connectivity index (χ1n) is 9.51. The minimum atomic E-state index is -4.16. The number of H-pyrrole nitrogens is 1. The quantitative estimate of drug-likeness (QED) is 0.452. The van der Waals surface area contributed by atoms with Crippen molar-refractivity contribution >= 4 is 21.4 Å². The van der Waals surface area contributed by atoms with E-state index in [-0.39, 0.29) is 16.5 Å². The monoisotopic (exact) mass is 453 g/mol. The van der Waals surface area contributed by atoms with Crippen molar-refractivity contribution in [1.29, 1.82) is 0 Å². The number of carbonyl (C=O) groups excluding carboxylic acids is 1. The molecule has 0 saturated heterocycles. The molecule has 1 heterocycles. The number of nitrogens with zero attached hydrogens (tertiary/aromatic N) is 1. The Hall–Kier alpha value is -3.85. The van der Waals surface area contributed by atoms with E-state index >= 15 is 0 Å². The molecule has 0 bridgehead atoms. The third-order valence-corrected chi connectivity index (χ3v) is 6.16. The van der Waals surface area contributed by atoms with Crippen LogP contribution in [-0.2, 0) is 14.6 Å². The van der Waals surface area contributed by atoms with Crippen LogP contribution < -0.4 is 5.32 Å². The summed E-state index contributed by atoms with van der Waals surface area (Å²) >= 11 is 0. The fourth-order valence-corrected chi connectivity index (χ4v) is 4.37. The molecule has 0 aliphatic rings. The second-order valence-corrected chi connectivity index (χ2v) is 8.88. The van der Waals surface area contributed by atoms with E-state index < -0.39 is 33.1 Å². The maximum Gasteiger partial charge on any atom is 0.240 e. The molecule has 1 amide bonds. The highest BCUT2D eigenvalue weighted by Crippen LogP contribution is 2.30. The summed E-state index contributed by atoms with van der Waals surface area (Å²) in [4.78, 5) is 19.5. The molecule has 2 N–H and O–H groups in total. The number of rotatable bonds is 6. The van der Waals surface area contributed by atoms with Gasteiger partial charge in [-0.1, -0.05) is 18.2 Å². The third kappa shape index (κ3) is 4.73. The summed E-state index contributed by atoms with van der Waals surface area (Å²) in [6, 6.07) is 18.9. The molecule has 0 aliphatic carbocycles. The van der Waals surface area contributed by atoms with E-state index in [0.29, 0.717) is 16.8 Å². The van der Waals surface area contributed by atoms with Crippen LogP contribution in [0.3, 0.4) is 0 Å². The van der Waals surface area contributed by atoms with E-state index in [0.717, 1.165) is 0 Å². The Bertz CT molecular complexity index is 1350. The van der Waals surface area contributed by atoms with Gasteiger partial charge in [-0.05, 0) is 60.7 Å². The molecule has 9 heteroatoms. The van der Waals surface area contributed by atoms with Crippen LogP contribution >= 0.6 is 0 Å². The Morgan fingerprint density at radius 3 is 2.00 bits per heavy atom. The molecule has 0 unspecified atom stereocenters. The summed E-state index contributed by atoms with van der Waals surface area (Å²) in [5.74, 6) is -2.33. The van der Waals surface area contributed by atoms with Crippen LogP contribution in [0.5, 0.6) is 0 Å². The minimum Gasteiger partial charge on any atom is -0.329 e. The molecule has 0 saturated carbocycles. The molecule has 6 nitrogen and oxygen atoms in total. The lowest BCUT2D eigenvalue weighted by molar-refractivity contribution is -0.113. The Labute approximate surface area is 182 Å². The number of hydrogen-bond acceptors (Lipinski definition) is 4. The van der Waals surface area contributed by atoms with Gasteiger partial charge < -0.3 is 10.3 Å². The predicted molar refractivity (Wildman–Crippen MR) is 117 cm³/mol. The number of nitrogens with one attached hydrogen (secondary N) is 2. The topological polar surface area (TPSA) is 91.9 Å². The SMILES string of the molecule is O=C(CS(=O)(=O)c1[nH]c(-c2ccc(F)cc2)nc1-c1ccc(F)cc1)Nc1ccccc1. The van der Waals surface area contributed by atoms with Crippen LogP contribution in [0.4, 0.5) is 14.5 Å². The number of anilines is 1. The zero-order valence-electron chi connectivity index (χ0n) is 16.5. The summed E-state index contributed by atoms with van der Waals surface area (Å²) in [5.41, 5.74) is 1.29. The molecule has 4 aromatic rings. The fourth-order valence-electron chi connectivity index (χ4n) is 3.09. The zero-order valence-corrected chi connectivity index (χ0v) is 17.4. The van der Waals surface area contributed by atoms with Crippen molar-refractivity contribution in [2.24, 2.45) is 0 Å². The molecule has 1 aromatic heterocycles. The van der Waals surface area contributed by atoms with Crippen molar-refractivity contribution < 1.29 is 22.0 Å². The Kier molecular flexibility index (Phi) is 5.83. The molecule has 162 valence electrons. The molecule has 32 heavy (non-hydrogen) atoms. The van der Waals surface area contributed by atoms with E-state index in [1.165, 1.54) is 48.5 Å². The molecule has 0 aliphatic heterocycles. The smallest absolute Gasteiger partial charge is 0.240 e. The molecule has 0 atom stereocenters. The summed E-state index contributed by atoms with van der Waals surface area (Å²) in [6.45, 7) is 0. The summed E-state index contributed by atoms with van der Waals surface area (Å²) in [5, 5.41) is 2.25. The highest BCUT2D eigenvalue weighted by atomic mass is 32.2. The molecular formula is C23H17F2N3O3S. The minimum absolute atomic E-state index is 0.0387. The number of aromatic amines is 1. The van der Waals surface area contributed by atoms with E-state index in [1.54, 1.807) is 30.3 Å². The standard InChI is InChI=1S/C23H17F2N3O3S/c24-17-10-6-15(7-11-17)21-23(28-22(27-21)16-8-12-18(25)13-9-16)32(30,31)14-20(29)26-19-4-2-1-3-5-19/h1-13H,14H2,(H,26,29)(H,27,28). The molecule has 0 fully saturated rings. The number of benzene rings is 3. The highest BCUT2D eigenvalue weighted by Gasteiger charge is 2.27. The van der Waals surface area contributed by atoms with Gasteiger partial charge in [0.05, 0.1) is 0 Å². The van der Waals surface area contributed by atoms with Crippen molar-refractivity contribution in [2.45, 2.75) is 5.03 Å². The number of halogens is 2. The lowest BCUT2D eigenvalue weighted by Crippen LogP contribution is -2.23. The van der Waals surface area contributed by atoms with Gasteiger partial charge in [0.1, 0.15) is 28.9 Å². The van der Waals surface area contributed by atoms with Crippen LogP contribution in [0.2, 0.25) is 0 Å². The van der Waals surface area contributed by atoms with Crippen molar-refractivity contribution in [3.63, 3.8) is 0 Å². The zero-order chi connectivity index (χ0) is 22.7. The van der Waals surface area contributed by atoms with Gasteiger partial charge in [0.15, 0.2) is 5.03 Å². The number of imidazole rings is 1. The van der Waals surface area contributed by atoms with Crippen molar-refractivity contribution in [3.8, 4) is 22.6 Å². The average Bonchev–Trinajstić information content (AvgIpc) is 3.21. The van der Waals surface area contributed by atoms with Gasteiger partial charge in [-0.2, -0.15) is 0 Å². The summed E-state index contributed by atoms with van der Waals surface area (Å²) in [7, 11) is -4.16. The molecule has 3 aromatic carbocycles. The number of carbonyl (C=O) groups is 1. The van der Waals surface area contributed by atoms with Crippen LogP contribution in [0.15, 0.2) is 83.9 Å². The van der Waals surface area contributed by atoms with Gasteiger partial charge in [-0.15, -0.1) is 0 Å². The Balaban J connectivity index is 1.72. The van der Waals surface area contributed by atoms with Gasteiger partial charge in [0.25, 0.3) is 0 Å². The van der Waals surface area contributed by atoms with E-state index in [2.05, 4.69) is 15.3 Å². The molecule has 0 radical (unpaired) electrons. The molecule has 4 rings (SSSR count). The number of aromatic nitrogens is 2. The summed E-state index contributed by atoms with van der Waals surface area (Å²) < 4.78 is 52.9. The van der Waals surface area contributed by atoms with E-state index in [1.807, 2.05) is 0 Å². The van der Waals surface area contributed by atoms with Gasteiger partial charge in [-0.25, -0.2) is 22.2 Å². The number of amides is 1. The maximum atomic E-state index is 13.4. The first kappa shape index (κ1) is 21.4. The highest BCUT2D eigenvalue weighted by molar-refractivity contribution is 7.92. The fraction of sp³-hybridized carbons (Fsp3) is 0.0435. The lowest BCUT2D eigenvalue weighted by atomic mass is 10.2. The van der Waals surface area contributed by atoms with E-state index in [4.69, 9.17) is 0 Å². The van der Waals surface area contributed by atoms with E-state index in [9.17, 15) is 22.0 Å². The normalized spacial score (nSPS) is 11.3. The largest absolute Gasteiger partial charge is 0.329 e. The van der Waals surface area contributed by atoms with Crippen LogP contribution in [0, 0.1) is 11.6 Å². The average molecular weight is 453 g/mol. The van der Waals surface area contributed by atoms with Gasteiger partial charge in [-0.3, -0.25) is 4.79 Å². The second-order valence-electron chi connectivity index (χ2n) is 6.95. The van der Waals surface area contributed by atoms with Crippen LogP contribution in [0.25, 0.3) is 22.6 Å². The lowest BCUT2D eigenvalue weighted by Gasteiger charge is -2.07. The van der Waals surface area contributed by atoms with Gasteiger partial charge in [0, 0.05) is 16.8 Å². The first-order chi connectivity index (χ1) is 15.3. The number of sulfone groups is 1. The number of hydrogen-bond donors (Lipinski definition) is 2. The second kappa shape index (κ2) is 8.72. The van der Waals surface area contributed by atoms with Gasteiger partial charge in [0.2, 0.25) is 15.7 Å². The predicted octanol–water partition coefficient (Wildman–Crippen LogP) is 4.43. The van der Waals surface area contributed by atoms with Gasteiger partial charge >= 0.3 is 0 Å². The Morgan fingerprint density at radius 1 is 0.844 bits per heavy atom.